The van der Waals surface area contributed by atoms with Crippen molar-refractivity contribution in [2.45, 2.75) is 11.4 Å². The zero-order chi connectivity index (χ0) is 17.2. The summed E-state index contributed by atoms with van der Waals surface area (Å²) >= 11 is 5.79. The summed E-state index contributed by atoms with van der Waals surface area (Å²) in [7, 11) is -3.85. The van der Waals surface area contributed by atoms with Crippen molar-refractivity contribution >= 4 is 21.6 Å². The molecule has 9 heteroatoms. The average Bonchev–Trinajstić information content (AvgIpc) is 3.07. The van der Waals surface area contributed by atoms with Crippen LogP contribution in [0.25, 0.3) is 5.82 Å². The molecule has 0 aliphatic rings. The molecule has 0 saturated carbocycles. The molecule has 0 bridgehead atoms. The Labute approximate surface area is 143 Å². The Bertz CT molecular complexity index is 944. The topological polar surface area (TPSA) is 76.9 Å². The van der Waals surface area contributed by atoms with Crippen molar-refractivity contribution in [2.75, 3.05) is 0 Å². The van der Waals surface area contributed by atoms with Crippen LogP contribution in [0.3, 0.4) is 0 Å². The van der Waals surface area contributed by atoms with Gasteiger partial charge in [-0.2, -0.15) is 5.10 Å². The summed E-state index contributed by atoms with van der Waals surface area (Å²) in [6.07, 6.45) is 4.93. The molecule has 0 unspecified atom stereocenters. The van der Waals surface area contributed by atoms with E-state index in [4.69, 9.17) is 11.6 Å². The standard InChI is InChI=1S/C15H12ClFN4O2S/c16-13-8-12(17)3-4-14(13)24(22,23)20-10-11-2-5-15(18-9-11)21-7-1-6-19-21/h1-9,20H,10H2. The number of benzene rings is 1. The Morgan fingerprint density at radius 1 is 1.25 bits per heavy atom. The number of pyridine rings is 1. The molecular weight excluding hydrogens is 355 g/mol. The van der Waals surface area contributed by atoms with Gasteiger partial charge in [0.2, 0.25) is 10.0 Å². The smallest absolute Gasteiger partial charge is 0.237 e. The molecule has 3 rings (SSSR count). The van der Waals surface area contributed by atoms with Crippen LogP contribution in [0.2, 0.25) is 5.02 Å². The first-order valence-corrected chi connectivity index (χ1v) is 8.71. The van der Waals surface area contributed by atoms with Crippen LogP contribution < -0.4 is 4.72 Å². The predicted octanol–water partition coefficient (Wildman–Crippen LogP) is 2.54. The summed E-state index contributed by atoms with van der Waals surface area (Å²) in [4.78, 5) is 4.04. The molecule has 0 aliphatic heterocycles. The van der Waals surface area contributed by atoms with Gasteiger partial charge in [-0.05, 0) is 35.9 Å². The molecule has 1 N–H and O–H groups in total. The predicted molar refractivity (Wildman–Crippen MR) is 86.8 cm³/mol. The van der Waals surface area contributed by atoms with Crippen molar-refractivity contribution in [1.82, 2.24) is 19.5 Å². The van der Waals surface area contributed by atoms with Gasteiger partial charge >= 0.3 is 0 Å². The Kier molecular flexibility index (Phi) is 4.61. The van der Waals surface area contributed by atoms with Gasteiger partial charge in [-0.15, -0.1) is 0 Å². The van der Waals surface area contributed by atoms with E-state index < -0.39 is 15.8 Å². The van der Waals surface area contributed by atoms with Gasteiger partial charge in [0.05, 0.1) is 5.02 Å². The third kappa shape index (κ3) is 3.61. The number of aromatic nitrogens is 3. The van der Waals surface area contributed by atoms with Crippen molar-refractivity contribution < 1.29 is 12.8 Å². The quantitative estimate of drug-likeness (QED) is 0.752. The molecule has 3 aromatic rings. The number of halogens is 2. The molecular formula is C15H12ClFN4O2S. The van der Waals surface area contributed by atoms with Crippen molar-refractivity contribution in [3.8, 4) is 5.82 Å². The molecule has 0 radical (unpaired) electrons. The highest BCUT2D eigenvalue weighted by Gasteiger charge is 2.18. The highest BCUT2D eigenvalue weighted by Crippen LogP contribution is 2.22. The van der Waals surface area contributed by atoms with E-state index in [0.717, 1.165) is 18.2 Å². The maximum absolute atomic E-state index is 13.0. The van der Waals surface area contributed by atoms with E-state index in [1.165, 1.54) is 0 Å². The number of sulfonamides is 1. The second kappa shape index (κ2) is 6.68. The summed E-state index contributed by atoms with van der Waals surface area (Å²) in [5.41, 5.74) is 0.660. The van der Waals surface area contributed by atoms with Gasteiger partial charge in [0, 0.05) is 25.1 Å². The average molecular weight is 367 g/mol. The van der Waals surface area contributed by atoms with Crippen LogP contribution in [0.1, 0.15) is 5.56 Å². The Hall–Kier alpha value is -2.29. The normalized spacial score (nSPS) is 11.6. The van der Waals surface area contributed by atoms with Crippen LogP contribution in [-0.2, 0) is 16.6 Å². The van der Waals surface area contributed by atoms with Crippen molar-refractivity contribution in [3.05, 3.63) is 71.4 Å². The lowest BCUT2D eigenvalue weighted by atomic mass is 10.3. The number of hydrogen-bond donors (Lipinski definition) is 1. The molecule has 0 aliphatic carbocycles. The molecule has 6 nitrogen and oxygen atoms in total. The van der Waals surface area contributed by atoms with E-state index in [1.807, 2.05) is 0 Å². The van der Waals surface area contributed by atoms with Crippen molar-refractivity contribution in [2.24, 2.45) is 0 Å². The molecule has 124 valence electrons. The third-order valence-electron chi connectivity index (χ3n) is 3.20. The number of nitrogens with zero attached hydrogens (tertiary/aromatic N) is 3. The van der Waals surface area contributed by atoms with Gasteiger partial charge in [-0.3, -0.25) is 0 Å². The van der Waals surface area contributed by atoms with Crippen LogP contribution in [0.15, 0.2) is 59.9 Å². The molecule has 0 spiro atoms. The van der Waals surface area contributed by atoms with E-state index in [0.29, 0.717) is 11.4 Å². The maximum atomic E-state index is 13.0. The van der Waals surface area contributed by atoms with E-state index >= 15 is 0 Å². The van der Waals surface area contributed by atoms with Gasteiger partial charge in [-0.25, -0.2) is 27.2 Å². The van der Waals surface area contributed by atoms with Crippen molar-refractivity contribution in [1.29, 1.82) is 0 Å². The van der Waals surface area contributed by atoms with Crippen LogP contribution in [0.5, 0.6) is 0 Å². The summed E-state index contributed by atoms with van der Waals surface area (Å²) in [6.45, 7) is 0.0302. The second-order valence-electron chi connectivity index (χ2n) is 4.87. The van der Waals surface area contributed by atoms with E-state index in [-0.39, 0.29) is 16.5 Å². The van der Waals surface area contributed by atoms with Gasteiger partial charge < -0.3 is 0 Å². The molecule has 2 aromatic heterocycles. The fraction of sp³-hybridized carbons (Fsp3) is 0.0667. The Balaban J connectivity index is 1.73. The number of hydrogen-bond acceptors (Lipinski definition) is 4. The second-order valence-corrected chi connectivity index (χ2v) is 7.02. The molecule has 24 heavy (non-hydrogen) atoms. The zero-order valence-corrected chi connectivity index (χ0v) is 13.8. The van der Waals surface area contributed by atoms with Gasteiger partial charge in [0.15, 0.2) is 5.82 Å². The summed E-state index contributed by atoms with van der Waals surface area (Å²) in [6, 6.07) is 8.35. The fourth-order valence-corrected chi connectivity index (χ4v) is 3.56. The van der Waals surface area contributed by atoms with E-state index in [1.54, 1.807) is 41.5 Å². The maximum Gasteiger partial charge on any atom is 0.242 e. The monoisotopic (exact) mass is 366 g/mol. The van der Waals surface area contributed by atoms with E-state index in [2.05, 4.69) is 14.8 Å². The molecule has 0 amide bonds. The lowest BCUT2D eigenvalue weighted by molar-refractivity contribution is 0.580. The molecule has 1 aromatic carbocycles. The van der Waals surface area contributed by atoms with E-state index in [9.17, 15) is 12.8 Å². The first-order chi connectivity index (χ1) is 11.5. The van der Waals surface area contributed by atoms with Gasteiger partial charge in [-0.1, -0.05) is 17.7 Å². The lowest BCUT2D eigenvalue weighted by Crippen LogP contribution is -2.23. The summed E-state index contributed by atoms with van der Waals surface area (Å²) < 4.78 is 41.5. The van der Waals surface area contributed by atoms with Gasteiger partial charge in [0.25, 0.3) is 0 Å². The van der Waals surface area contributed by atoms with Gasteiger partial charge in [0.1, 0.15) is 10.7 Å². The zero-order valence-electron chi connectivity index (χ0n) is 12.2. The lowest BCUT2D eigenvalue weighted by Gasteiger charge is -2.09. The summed E-state index contributed by atoms with van der Waals surface area (Å²) in [5, 5.41) is 3.88. The number of rotatable bonds is 5. The Morgan fingerprint density at radius 2 is 2.08 bits per heavy atom. The molecule has 0 saturated heterocycles. The highest BCUT2D eigenvalue weighted by molar-refractivity contribution is 7.89. The fourth-order valence-electron chi connectivity index (χ4n) is 2.01. The molecule has 0 fully saturated rings. The van der Waals surface area contributed by atoms with Crippen molar-refractivity contribution in [3.63, 3.8) is 0 Å². The van der Waals surface area contributed by atoms with Crippen LogP contribution in [0, 0.1) is 5.82 Å². The van der Waals surface area contributed by atoms with Crippen LogP contribution in [0.4, 0.5) is 4.39 Å². The molecule has 2 heterocycles. The van der Waals surface area contributed by atoms with Crippen LogP contribution >= 0.6 is 11.6 Å². The first-order valence-electron chi connectivity index (χ1n) is 6.85. The Morgan fingerprint density at radius 3 is 2.71 bits per heavy atom. The minimum atomic E-state index is -3.85. The van der Waals surface area contributed by atoms with Crippen LogP contribution in [-0.4, -0.2) is 23.2 Å². The minimum absolute atomic E-state index is 0.0302. The summed E-state index contributed by atoms with van der Waals surface area (Å²) in [5.74, 6) is 0.0190. The molecule has 0 atom stereocenters. The highest BCUT2D eigenvalue weighted by atomic mass is 35.5. The minimum Gasteiger partial charge on any atom is -0.237 e. The SMILES string of the molecule is O=S(=O)(NCc1ccc(-n2cccn2)nc1)c1ccc(F)cc1Cl. The number of nitrogens with one attached hydrogen (secondary N) is 1. The largest absolute Gasteiger partial charge is 0.242 e. The first kappa shape index (κ1) is 16.6. The third-order valence-corrected chi connectivity index (χ3v) is 5.08.